The van der Waals surface area contributed by atoms with Crippen LogP contribution in [0.4, 0.5) is 0 Å². The molecule has 2 saturated heterocycles. The van der Waals surface area contributed by atoms with E-state index in [4.69, 9.17) is 18.9 Å². The second kappa shape index (κ2) is 53.6. The van der Waals surface area contributed by atoms with Crippen LogP contribution < -0.4 is 5.32 Å². The van der Waals surface area contributed by atoms with Crippen LogP contribution in [-0.4, -0.2) is 140 Å². The number of rotatable bonds is 51. The lowest BCUT2D eigenvalue weighted by Crippen LogP contribution is -2.65. The van der Waals surface area contributed by atoms with E-state index in [0.29, 0.717) is 12.8 Å². The van der Waals surface area contributed by atoms with Crippen LogP contribution in [0.15, 0.2) is 122 Å². The zero-order valence-corrected chi connectivity index (χ0v) is 51.8. The molecular weight excluding hydrogens is 1060 g/mol. The summed E-state index contributed by atoms with van der Waals surface area (Å²) in [5.74, 6) is -0.256. The Bertz CT molecular complexity index is 1870. The van der Waals surface area contributed by atoms with Crippen LogP contribution in [0.25, 0.3) is 0 Å². The van der Waals surface area contributed by atoms with Crippen LogP contribution in [-0.2, 0) is 23.7 Å². The van der Waals surface area contributed by atoms with E-state index in [9.17, 15) is 45.6 Å². The summed E-state index contributed by atoms with van der Waals surface area (Å²) in [6.45, 7) is 2.62. The predicted molar refractivity (Wildman–Crippen MR) is 341 cm³/mol. The Morgan fingerprint density at radius 2 is 0.833 bits per heavy atom. The number of amides is 1. The topological polar surface area (TPSA) is 228 Å². The lowest BCUT2D eigenvalue weighted by molar-refractivity contribution is -0.359. The molecule has 9 N–H and O–H groups in total. The lowest BCUT2D eigenvalue weighted by atomic mass is 9.97. The van der Waals surface area contributed by atoms with Gasteiger partial charge in [-0.05, 0) is 96.3 Å². The summed E-state index contributed by atoms with van der Waals surface area (Å²) in [5.41, 5.74) is 0. The molecule has 0 spiro atoms. The maximum absolute atomic E-state index is 13.2. The van der Waals surface area contributed by atoms with Gasteiger partial charge in [0.15, 0.2) is 12.6 Å². The van der Waals surface area contributed by atoms with Gasteiger partial charge in [-0.15, -0.1) is 0 Å². The average Bonchev–Trinajstić information content (AvgIpc) is 3.59. The minimum Gasteiger partial charge on any atom is -0.394 e. The minimum absolute atomic E-state index is 0.256. The van der Waals surface area contributed by atoms with E-state index in [-0.39, 0.29) is 18.9 Å². The first-order chi connectivity index (χ1) is 41.1. The number of aliphatic hydroxyl groups is 8. The van der Waals surface area contributed by atoms with Gasteiger partial charge in [0.05, 0.1) is 32.0 Å². The minimum atomic E-state index is -1.79. The highest BCUT2D eigenvalue weighted by molar-refractivity contribution is 5.76. The Morgan fingerprint density at radius 3 is 1.31 bits per heavy atom. The fourth-order valence-corrected chi connectivity index (χ4v) is 9.91. The van der Waals surface area contributed by atoms with Gasteiger partial charge in [0.2, 0.25) is 5.91 Å². The monoisotopic (exact) mass is 1180 g/mol. The third-order valence-corrected chi connectivity index (χ3v) is 15.1. The highest BCUT2D eigenvalue weighted by Gasteiger charge is 2.51. The molecule has 2 heterocycles. The molecule has 14 nitrogen and oxygen atoms in total. The molecule has 2 aliphatic heterocycles. The third kappa shape index (κ3) is 37.8. The van der Waals surface area contributed by atoms with Crippen molar-refractivity contribution in [1.29, 1.82) is 0 Å². The van der Waals surface area contributed by atoms with Gasteiger partial charge in [0.1, 0.15) is 48.8 Å². The normalized spacial score (nSPS) is 24.5. The first kappa shape index (κ1) is 76.5. The molecule has 0 saturated carbocycles. The van der Waals surface area contributed by atoms with Crippen molar-refractivity contribution in [3.8, 4) is 0 Å². The van der Waals surface area contributed by atoms with Crippen LogP contribution in [0.2, 0.25) is 0 Å². The number of ether oxygens (including phenoxy) is 4. The Kier molecular flexibility index (Phi) is 48.8. The maximum Gasteiger partial charge on any atom is 0.220 e. The summed E-state index contributed by atoms with van der Waals surface area (Å²) in [4.78, 5) is 13.2. The van der Waals surface area contributed by atoms with Crippen LogP contribution >= 0.6 is 0 Å². The van der Waals surface area contributed by atoms with Crippen LogP contribution in [0.1, 0.15) is 219 Å². The van der Waals surface area contributed by atoms with E-state index in [2.05, 4.69) is 129 Å². The van der Waals surface area contributed by atoms with E-state index in [1.54, 1.807) is 6.08 Å². The smallest absolute Gasteiger partial charge is 0.220 e. The second-order valence-electron chi connectivity index (χ2n) is 22.5. The number of carbonyl (C=O) groups excluding carboxylic acids is 1. The maximum atomic E-state index is 13.2. The fraction of sp³-hybridized carbons (Fsp3) is 0.700. The molecule has 0 radical (unpaired) electrons. The molecule has 2 fully saturated rings. The number of allylic oxidation sites excluding steroid dienone is 19. The molecule has 12 atom stereocenters. The van der Waals surface area contributed by atoms with Crippen molar-refractivity contribution in [3.63, 3.8) is 0 Å². The van der Waals surface area contributed by atoms with Crippen molar-refractivity contribution < 1.29 is 64.6 Å². The average molecular weight is 1180 g/mol. The van der Waals surface area contributed by atoms with E-state index in [0.717, 1.165) is 89.9 Å². The molecule has 0 aliphatic carbocycles. The SMILES string of the molecule is CC/C=C\C/C=C\C/C=C\C/C=C\C/C=C\C/C=C\C/C=C\C/C=C\CCCCCCCCCCCCCCCCC(=O)NC(COC1OC(CO)C(OC2OC(CO)C(O)C(O)C2O)C(O)C1O)C(O)/C=C/CC/C=C/CCCCCCC. The first-order valence-corrected chi connectivity index (χ1v) is 32.8. The van der Waals surface area contributed by atoms with Crippen molar-refractivity contribution in [2.45, 2.75) is 293 Å². The second-order valence-corrected chi connectivity index (χ2v) is 22.5. The van der Waals surface area contributed by atoms with Gasteiger partial charge < -0.3 is 65.1 Å². The molecule has 2 aliphatic rings. The molecule has 84 heavy (non-hydrogen) atoms. The highest BCUT2D eigenvalue weighted by Crippen LogP contribution is 2.30. The highest BCUT2D eigenvalue weighted by atomic mass is 16.7. The van der Waals surface area contributed by atoms with Crippen molar-refractivity contribution in [2.24, 2.45) is 0 Å². The summed E-state index contributed by atoms with van der Waals surface area (Å²) in [6, 6.07) is -0.937. The number of nitrogens with one attached hydrogen (secondary N) is 1. The lowest BCUT2D eigenvalue weighted by Gasteiger charge is -2.46. The van der Waals surface area contributed by atoms with E-state index in [1.807, 2.05) is 6.08 Å². The van der Waals surface area contributed by atoms with E-state index in [1.165, 1.54) is 96.3 Å². The van der Waals surface area contributed by atoms with Gasteiger partial charge in [0, 0.05) is 6.42 Å². The number of unbranched alkanes of at least 4 members (excludes halogenated alkanes) is 20. The summed E-state index contributed by atoms with van der Waals surface area (Å²) >= 11 is 0. The summed E-state index contributed by atoms with van der Waals surface area (Å²) in [5, 5.41) is 87.0. The number of aliphatic hydroxyl groups excluding tert-OH is 8. The molecule has 0 aromatic heterocycles. The molecule has 0 bridgehead atoms. The number of hydrogen-bond donors (Lipinski definition) is 9. The van der Waals surface area contributed by atoms with Gasteiger partial charge in [-0.3, -0.25) is 4.79 Å². The predicted octanol–water partition coefficient (Wildman–Crippen LogP) is 12.6. The van der Waals surface area contributed by atoms with Gasteiger partial charge in [0.25, 0.3) is 0 Å². The van der Waals surface area contributed by atoms with Gasteiger partial charge in [-0.25, -0.2) is 0 Å². The number of carbonyl (C=O) groups is 1. The summed E-state index contributed by atoms with van der Waals surface area (Å²) in [6.07, 6.45) is 61.3. The summed E-state index contributed by atoms with van der Waals surface area (Å²) in [7, 11) is 0. The molecule has 480 valence electrons. The Hall–Kier alpha value is -3.61. The molecular formula is C70H117NO13. The molecule has 0 aromatic rings. The van der Waals surface area contributed by atoms with Crippen molar-refractivity contribution in [1.82, 2.24) is 5.32 Å². The van der Waals surface area contributed by atoms with E-state index >= 15 is 0 Å². The molecule has 1 amide bonds. The Morgan fingerprint density at radius 1 is 0.440 bits per heavy atom. The van der Waals surface area contributed by atoms with Gasteiger partial charge >= 0.3 is 0 Å². The third-order valence-electron chi connectivity index (χ3n) is 15.1. The van der Waals surface area contributed by atoms with Crippen LogP contribution in [0.5, 0.6) is 0 Å². The van der Waals surface area contributed by atoms with E-state index < -0.39 is 86.8 Å². The first-order valence-electron chi connectivity index (χ1n) is 32.8. The van der Waals surface area contributed by atoms with Gasteiger partial charge in [-0.1, -0.05) is 238 Å². The molecule has 0 aromatic carbocycles. The Labute approximate surface area is 508 Å². The Balaban J connectivity index is 1.59. The molecule has 14 heteroatoms. The largest absolute Gasteiger partial charge is 0.394 e. The summed E-state index contributed by atoms with van der Waals surface area (Å²) < 4.78 is 22.7. The molecule has 2 rings (SSSR count). The van der Waals surface area contributed by atoms with Crippen molar-refractivity contribution >= 4 is 5.91 Å². The molecule has 12 unspecified atom stereocenters. The zero-order valence-electron chi connectivity index (χ0n) is 51.8. The standard InChI is InChI=1S/C70H117NO13/c1-3-5-7-9-11-13-15-16-17-18-19-20-21-22-23-24-25-26-27-28-29-30-31-32-33-34-35-36-37-38-39-40-41-42-44-46-48-50-52-54-62(75)71-58(59(74)53-51-49-47-45-43-14-12-10-8-6-4-2)57-81-69-67(80)65(78)68(61(56-73)83-69)84-70-66(79)64(77)63(76)60(55-72)82-70/h5,7,11,13,16-17,19-20,22-23,25-26,28-29,31-32,43,45,51,53,58-61,63-70,72-74,76-80H,3-4,6,8-10,12,14-15,18,21,24,27,30,33-42,44,46-50,52,54-57H2,1-2H3,(H,71,75)/b7-5-,13-11-,17-16-,20-19-,23-22-,26-25-,29-28-,32-31-,45-43+,53-51+. The van der Waals surface area contributed by atoms with Crippen LogP contribution in [0, 0.1) is 0 Å². The van der Waals surface area contributed by atoms with Gasteiger partial charge in [-0.2, -0.15) is 0 Å². The van der Waals surface area contributed by atoms with Crippen molar-refractivity contribution in [3.05, 3.63) is 122 Å². The van der Waals surface area contributed by atoms with Crippen molar-refractivity contribution in [2.75, 3.05) is 19.8 Å². The zero-order chi connectivity index (χ0) is 60.9. The number of hydrogen-bond acceptors (Lipinski definition) is 13. The quantitative estimate of drug-likeness (QED) is 0.0204. The fourth-order valence-electron chi connectivity index (χ4n) is 9.91. The van der Waals surface area contributed by atoms with Crippen LogP contribution in [0.3, 0.4) is 0 Å².